The fourth-order valence-corrected chi connectivity index (χ4v) is 3.31. The molecule has 0 saturated heterocycles. The lowest BCUT2D eigenvalue weighted by atomic mass is 10.1. The Morgan fingerprint density at radius 3 is 2.00 bits per heavy atom. The van der Waals surface area contributed by atoms with Crippen molar-refractivity contribution in [1.29, 1.82) is 0 Å². The van der Waals surface area contributed by atoms with E-state index in [4.69, 9.17) is 0 Å². The summed E-state index contributed by atoms with van der Waals surface area (Å²) in [5, 5.41) is 22.0. The first-order chi connectivity index (χ1) is 9.34. The molecule has 20 heavy (non-hydrogen) atoms. The van der Waals surface area contributed by atoms with Crippen molar-refractivity contribution in [3.05, 3.63) is 44.5 Å². The highest BCUT2D eigenvalue weighted by Crippen LogP contribution is 2.53. The van der Waals surface area contributed by atoms with E-state index < -0.39 is 37.1 Å². The molecule has 0 radical (unpaired) electrons. The Morgan fingerprint density at radius 2 is 1.50 bits per heavy atom. The third kappa shape index (κ3) is 1.39. The van der Waals surface area contributed by atoms with Gasteiger partial charge in [0.2, 0.25) is 0 Å². The minimum absolute atomic E-state index is 0.0334. The summed E-state index contributed by atoms with van der Waals surface area (Å²) < 4.78 is 27.5. The number of nitrogens with zero attached hydrogens (tertiary/aromatic N) is 2. The Hall–Kier alpha value is -2.75. The van der Waals surface area contributed by atoms with Crippen molar-refractivity contribution < 1.29 is 22.4 Å². The van der Waals surface area contributed by atoms with Gasteiger partial charge in [0.25, 0.3) is 5.75 Å². The van der Waals surface area contributed by atoms with Crippen LogP contribution in [0.3, 0.4) is 0 Å². The van der Waals surface area contributed by atoms with Gasteiger partial charge in [-0.05, 0) is 6.07 Å². The quantitative estimate of drug-likeness (QED) is 0.468. The molecule has 0 unspecified atom stereocenters. The van der Waals surface area contributed by atoms with Crippen molar-refractivity contribution in [2.24, 2.45) is 0 Å². The number of hydrogen-bond donors (Lipinski definition) is 0. The fourth-order valence-electron chi connectivity index (χ4n) is 2.15. The maximum absolute atomic E-state index is 11.6. The monoisotopic (exact) mass is 296 g/mol. The summed E-state index contributed by atoms with van der Waals surface area (Å²) in [4.78, 5) is 19.8. The lowest BCUT2D eigenvalue weighted by Gasteiger charge is -2.20. The van der Waals surface area contributed by atoms with E-state index in [1.807, 2.05) is 0 Å². The van der Waals surface area contributed by atoms with Gasteiger partial charge < -0.3 is 4.18 Å². The molecule has 0 fully saturated rings. The molecule has 0 atom stereocenters. The van der Waals surface area contributed by atoms with Gasteiger partial charge >= 0.3 is 21.5 Å². The van der Waals surface area contributed by atoms with Crippen molar-refractivity contribution in [1.82, 2.24) is 0 Å². The van der Waals surface area contributed by atoms with Crippen molar-refractivity contribution in [2.45, 2.75) is 4.90 Å². The highest BCUT2D eigenvalue weighted by atomic mass is 32.2. The van der Waals surface area contributed by atoms with Crippen LogP contribution in [0.5, 0.6) is 5.75 Å². The first kappa shape index (κ1) is 12.3. The summed E-state index contributed by atoms with van der Waals surface area (Å²) in [6, 6.07) is 5.50. The van der Waals surface area contributed by atoms with E-state index in [1.165, 1.54) is 24.3 Å². The topological polar surface area (TPSA) is 130 Å². The number of benzene rings is 2. The Labute approximate surface area is 110 Å². The number of fused-ring (bicyclic) bond motifs is 3. The number of nitro benzene ring substituents is 2. The molecule has 9 nitrogen and oxygen atoms in total. The van der Waals surface area contributed by atoms with Gasteiger partial charge in [0.1, 0.15) is 0 Å². The van der Waals surface area contributed by atoms with Gasteiger partial charge in [-0.25, -0.2) is 0 Å². The predicted molar refractivity (Wildman–Crippen MR) is 65.1 cm³/mol. The molecular formula is C10H4N2O7S. The summed E-state index contributed by atoms with van der Waals surface area (Å²) in [5.74, 6) is -0.583. The maximum atomic E-state index is 11.6. The van der Waals surface area contributed by atoms with Crippen LogP contribution in [0.2, 0.25) is 0 Å². The summed E-state index contributed by atoms with van der Waals surface area (Å²) in [7, 11) is -4.09. The highest BCUT2D eigenvalue weighted by molar-refractivity contribution is 7.88. The molecule has 0 N–H and O–H groups in total. The summed E-state index contributed by atoms with van der Waals surface area (Å²) in [6.07, 6.45) is 0. The van der Waals surface area contributed by atoms with E-state index in [9.17, 15) is 28.6 Å². The predicted octanol–water partition coefficient (Wildman–Crippen LogP) is 1.74. The molecule has 1 aliphatic heterocycles. The standard InChI is InChI=1S/C10H4N2O7S/c13-11(14)7-5-3-1-2-4-6(5)10-9(8(7)12(15)16)19-20(10,17)18/h1-4H. The van der Waals surface area contributed by atoms with Crippen molar-refractivity contribution in [3.8, 4) is 5.75 Å². The number of hydrogen-bond acceptors (Lipinski definition) is 7. The average Bonchev–Trinajstić information content (AvgIpc) is 2.34. The minimum atomic E-state index is -4.09. The van der Waals surface area contributed by atoms with Crippen LogP contribution >= 0.6 is 0 Å². The molecule has 0 aliphatic carbocycles. The van der Waals surface area contributed by atoms with Crippen molar-refractivity contribution in [3.63, 3.8) is 0 Å². The SMILES string of the molecule is O=[N+]([O-])c1c2c(c3ccccc3c1[N+](=O)[O-])S(=O)(=O)O2. The molecule has 2 aromatic carbocycles. The molecule has 0 amide bonds. The molecule has 10 heteroatoms. The number of nitro groups is 2. The maximum Gasteiger partial charge on any atom is 0.391 e. The third-order valence-electron chi connectivity index (χ3n) is 2.88. The van der Waals surface area contributed by atoms with E-state index in [0.717, 1.165) is 0 Å². The van der Waals surface area contributed by atoms with Crippen LogP contribution in [0.4, 0.5) is 11.4 Å². The fraction of sp³-hybridized carbons (Fsp3) is 0. The molecule has 0 bridgehead atoms. The van der Waals surface area contributed by atoms with Gasteiger partial charge in [-0.1, -0.05) is 18.2 Å². The lowest BCUT2D eigenvalue weighted by molar-refractivity contribution is -0.421. The zero-order valence-corrected chi connectivity index (χ0v) is 10.3. The molecular weight excluding hydrogens is 292 g/mol. The molecule has 0 aromatic heterocycles. The van der Waals surface area contributed by atoms with Gasteiger partial charge in [0, 0.05) is 5.39 Å². The summed E-state index contributed by atoms with van der Waals surface area (Å²) in [5.41, 5.74) is -1.72. The first-order valence-corrected chi connectivity index (χ1v) is 6.57. The zero-order valence-electron chi connectivity index (χ0n) is 9.47. The second-order valence-corrected chi connectivity index (χ2v) is 5.44. The first-order valence-electron chi connectivity index (χ1n) is 5.16. The second kappa shape index (κ2) is 3.63. The molecule has 2 aromatic rings. The summed E-state index contributed by atoms with van der Waals surface area (Å²) >= 11 is 0. The van der Waals surface area contributed by atoms with Crippen LogP contribution in [0, 0.1) is 20.2 Å². The van der Waals surface area contributed by atoms with E-state index in [-0.39, 0.29) is 15.7 Å². The van der Waals surface area contributed by atoms with Crippen molar-refractivity contribution in [2.75, 3.05) is 0 Å². The smallest absolute Gasteiger partial charge is 0.370 e. The Kier molecular flexibility index (Phi) is 2.23. The average molecular weight is 296 g/mol. The number of rotatable bonds is 2. The van der Waals surface area contributed by atoms with Crippen LogP contribution in [-0.2, 0) is 10.1 Å². The Bertz CT molecular complexity index is 903. The zero-order chi connectivity index (χ0) is 14.7. The summed E-state index contributed by atoms with van der Waals surface area (Å²) in [6.45, 7) is 0. The van der Waals surface area contributed by atoms with Crippen molar-refractivity contribution >= 4 is 32.3 Å². The van der Waals surface area contributed by atoms with Crippen LogP contribution in [-0.4, -0.2) is 18.3 Å². The Balaban J connectivity index is 2.62. The van der Waals surface area contributed by atoms with Crippen LogP contribution in [0.15, 0.2) is 29.2 Å². The van der Waals surface area contributed by atoms with Gasteiger partial charge in [-0.15, -0.1) is 0 Å². The largest absolute Gasteiger partial charge is 0.391 e. The molecule has 102 valence electrons. The third-order valence-corrected chi connectivity index (χ3v) is 4.17. The highest BCUT2D eigenvalue weighted by Gasteiger charge is 2.48. The molecule has 1 aliphatic rings. The molecule has 0 spiro atoms. The normalized spacial score (nSPS) is 15.0. The molecule has 1 heterocycles. The minimum Gasteiger partial charge on any atom is -0.370 e. The van der Waals surface area contributed by atoms with E-state index in [2.05, 4.69) is 4.18 Å². The second-order valence-electron chi connectivity index (χ2n) is 3.95. The van der Waals surface area contributed by atoms with E-state index in [1.54, 1.807) is 0 Å². The van der Waals surface area contributed by atoms with Gasteiger partial charge in [0.05, 0.1) is 15.2 Å². The van der Waals surface area contributed by atoms with E-state index >= 15 is 0 Å². The van der Waals surface area contributed by atoms with Gasteiger partial charge in [0.15, 0.2) is 4.90 Å². The van der Waals surface area contributed by atoms with E-state index in [0.29, 0.717) is 0 Å². The van der Waals surface area contributed by atoms with Crippen LogP contribution < -0.4 is 4.18 Å². The molecule has 3 rings (SSSR count). The van der Waals surface area contributed by atoms with Crippen LogP contribution in [0.1, 0.15) is 0 Å². The Morgan fingerprint density at radius 1 is 0.950 bits per heavy atom. The molecule has 0 saturated carbocycles. The van der Waals surface area contributed by atoms with Gasteiger partial charge in [-0.2, -0.15) is 8.42 Å². The lowest BCUT2D eigenvalue weighted by Crippen LogP contribution is -2.23. The van der Waals surface area contributed by atoms with Crippen LogP contribution in [0.25, 0.3) is 10.8 Å². The van der Waals surface area contributed by atoms with Gasteiger partial charge in [-0.3, -0.25) is 20.2 Å².